The highest BCUT2D eigenvalue weighted by Crippen LogP contribution is 2.15. The number of hydrogen-bond donors (Lipinski definition) is 0. The fourth-order valence-corrected chi connectivity index (χ4v) is 3.91. The maximum atomic E-state index is 12.7. The standard InChI is InChI=1S/C17H25N3O4S/c1-15-2-4-16(5-3-15)25(21,22)18-17(20-8-12-24-13-9-20)14-19-6-10-23-11-7-19/h2-5H,6-14H2,1H3/b18-17+. The molecule has 7 nitrogen and oxygen atoms in total. The van der Waals surface area contributed by atoms with Crippen LogP contribution in [0.5, 0.6) is 0 Å². The summed E-state index contributed by atoms with van der Waals surface area (Å²) in [6.45, 7) is 7.84. The zero-order chi connectivity index (χ0) is 17.7. The van der Waals surface area contributed by atoms with Gasteiger partial charge in [0.2, 0.25) is 0 Å². The molecule has 2 fully saturated rings. The van der Waals surface area contributed by atoms with E-state index in [-0.39, 0.29) is 4.90 Å². The summed E-state index contributed by atoms with van der Waals surface area (Å²) in [4.78, 5) is 4.43. The van der Waals surface area contributed by atoms with Crippen molar-refractivity contribution in [2.75, 3.05) is 59.2 Å². The molecular formula is C17H25N3O4S. The van der Waals surface area contributed by atoms with E-state index in [1.54, 1.807) is 24.3 Å². The molecule has 0 unspecified atom stereocenters. The Hall–Kier alpha value is -1.48. The third-order valence-corrected chi connectivity index (χ3v) is 5.71. The molecular weight excluding hydrogens is 342 g/mol. The van der Waals surface area contributed by atoms with E-state index in [1.165, 1.54) is 0 Å². The number of sulfonamides is 1. The second-order valence-electron chi connectivity index (χ2n) is 6.28. The van der Waals surface area contributed by atoms with Gasteiger partial charge in [-0.2, -0.15) is 8.42 Å². The van der Waals surface area contributed by atoms with Gasteiger partial charge in [-0.25, -0.2) is 0 Å². The summed E-state index contributed by atoms with van der Waals surface area (Å²) >= 11 is 0. The summed E-state index contributed by atoms with van der Waals surface area (Å²) in [7, 11) is -3.73. The molecule has 2 aliphatic heterocycles. The zero-order valence-electron chi connectivity index (χ0n) is 14.6. The van der Waals surface area contributed by atoms with E-state index in [1.807, 2.05) is 11.8 Å². The molecule has 25 heavy (non-hydrogen) atoms. The van der Waals surface area contributed by atoms with Gasteiger partial charge in [-0.3, -0.25) is 4.90 Å². The van der Waals surface area contributed by atoms with Gasteiger partial charge in [0.05, 0.1) is 37.9 Å². The fraction of sp³-hybridized carbons (Fsp3) is 0.588. The lowest BCUT2D eigenvalue weighted by molar-refractivity contribution is 0.0403. The maximum Gasteiger partial charge on any atom is 0.283 e. The highest BCUT2D eigenvalue weighted by Gasteiger charge is 2.23. The first kappa shape index (κ1) is 18.3. The molecule has 0 aliphatic carbocycles. The van der Waals surface area contributed by atoms with Crippen molar-refractivity contribution in [3.05, 3.63) is 29.8 Å². The fourth-order valence-electron chi connectivity index (χ4n) is 2.87. The number of nitrogens with zero attached hydrogens (tertiary/aromatic N) is 3. The van der Waals surface area contributed by atoms with Crippen LogP contribution in [0.25, 0.3) is 0 Å². The molecule has 2 heterocycles. The summed E-state index contributed by atoms with van der Waals surface area (Å²) in [6, 6.07) is 6.80. The molecule has 3 rings (SSSR count). The van der Waals surface area contributed by atoms with Gasteiger partial charge in [0.1, 0.15) is 5.84 Å². The van der Waals surface area contributed by atoms with Crippen LogP contribution in [0.15, 0.2) is 33.6 Å². The third-order valence-electron chi connectivity index (χ3n) is 4.39. The van der Waals surface area contributed by atoms with Crippen molar-refractivity contribution in [3.8, 4) is 0 Å². The largest absolute Gasteiger partial charge is 0.379 e. The normalized spacial score (nSPS) is 20.7. The van der Waals surface area contributed by atoms with Crippen LogP contribution in [-0.4, -0.2) is 83.2 Å². The van der Waals surface area contributed by atoms with Crippen molar-refractivity contribution in [2.45, 2.75) is 11.8 Å². The Morgan fingerprint density at radius 2 is 1.56 bits per heavy atom. The first-order chi connectivity index (χ1) is 12.0. The molecule has 0 bridgehead atoms. The van der Waals surface area contributed by atoms with Crippen molar-refractivity contribution in [3.63, 3.8) is 0 Å². The lowest BCUT2D eigenvalue weighted by Gasteiger charge is -2.33. The van der Waals surface area contributed by atoms with Gasteiger partial charge in [0, 0.05) is 26.2 Å². The molecule has 8 heteroatoms. The van der Waals surface area contributed by atoms with Crippen molar-refractivity contribution >= 4 is 15.9 Å². The van der Waals surface area contributed by atoms with E-state index in [0.717, 1.165) is 18.7 Å². The van der Waals surface area contributed by atoms with E-state index in [2.05, 4.69) is 9.30 Å². The van der Waals surface area contributed by atoms with Gasteiger partial charge in [-0.1, -0.05) is 17.7 Å². The van der Waals surface area contributed by atoms with Crippen LogP contribution in [0, 0.1) is 6.92 Å². The van der Waals surface area contributed by atoms with Gasteiger partial charge in [-0.15, -0.1) is 4.40 Å². The van der Waals surface area contributed by atoms with Gasteiger partial charge in [-0.05, 0) is 19.1 Å². The number of ether oxygens (including phenoxy) is 2. The van der Waals surface area contributed by atoms with Crippen LogP contribution in [0.2, 0.25) is 0 Å². The van der Waals surface area contributed by atoms with Crippen LogP contribution < -0.4 is 0 Å². The summed E-state index contributed by atoms with van der Waals surface area (Å²) in [5.74, 6) is 0.589. The topological polar surface area (TPSA) is 71.4 Å². The predicted octanol–water partition coefficient (Wildman–Crippen LogP) is 0.747. The molecule has 0 spiro atoms. The van der Waals surface area contributed by atoms with E-state index in [4.69, 9.17) is 9.47 Å². The minimum Gasteiger partial charge on any atom is -0.379 e. The lowest BCUT2D eigenvalue weighted by Crippen LogP contribution is -2.48. The number of amidine groups is 1. The number of morpholine rings is 2. The molecule has 1 aromatic carbocycles. The van der Waals surface area contributed by atoms with Crippen molar-refractivity contribution < 1.29 is 17.9 Å². The van der Waals surface area contributed by atoms with E-state index >= 15 is 0 Å². The molecule has 0 saturated carbocycles. The summed E-state index contributed by atoms with van der Waals surface area (Å²) < 4.78 is 40.5. The molecule has 138 valence electrons. The second kappa shape index (κ2) is 8.27. The van der Waals surface area contributed by atoms with Crippen molar-refractivity contribution in [2.24, 2.45) is 4.40 Å². The van der Waals surface area contributed by atoms with Gasteiger partial charge >= 0.3 is 0 Å². The quantitative estimate of drug-likeness (QED) is 0.578. The van der Waals surface area contributed by atoms with Gasteiger partial charge in [0.15, 0.2) is 0 Å². The Kier molecular flexibility index (Phi) is 6.06. The summed E-state index contributed by atoms with van der Waals surface area (Å²) in [6.07, 6.45) is 0. The highest BCUT2D eigenvalue weighted by molar-refractivity contribution is 7.90. The molecule has 2 saturated heterocycles. The monoisotopic (exact) mass is 367 g/mol. The van der Waals surface area contributed by atoms with E-state index in [0.29, 0.717) is 51.9 Å². The minimum absolute atomic E-state index is 0.228. The van der Waals surface area contributed by atoms with Gasteiger partial charge < -0.3 is 14.4 Å². The summed E-state index contributed by atoms with van der Waals surface area (Å²) in [5.41, 5.74) is 1.02. The van der Waals surface area contributed by atoms with Crippen LogP contribution >= 0.6 is 0 Å². The number of hydrogen-bond acceptors (Lipinski definition) is 5. The molecule has 0 atom stereocenters. The van der Waals surface area contributed by atoms with Crippen LogP contribution in [-0.2, 0) is 19.5 Å². The van der Waals surface area contributed by atoms with E-state index in [9.17, 15) is 8.42 Å². The molecule has 0 aromatic heterocycles. The Morgan fingerprint density at radius 1 is 1.00 bits per heavy atom. The average molecular weight is 367 g/mol. The second-order valence-corrected chi connectivity index (χ2v) is 7.89. The molecule has 0 N–H and O–H groups in total. The van der Waals surface area contributed by atoms with Crippen molar-refractivity contribution in [1.29, 1.82) is 0 Å². The third kappa shape index (κ3) is 5.01. The smallest absolute Gasteiger partial charge is 0.283 e. The van der Waals surface area contributed by atoms with Crippen molar-refractivity contribution in [1.82, 2.24) is 9.80 Å². The lowest BCUT2D eigenvalue weighted by atomic mass is 10.2. The predicted molar refractivity (Wildman–Crippen MR) is 95.5 cm³/mol. The first-order valence-corrected chi connectivity index (χ1v) is 10.0. The Morgan fingerprint density at radius 3 is 2.16 bits per heavy atom. The highest BCUT2D eigenvalue weighted by atomic mass is 32.2. The minimum atomic E-state index is -3.73. The van der Waals surface area contributed by atoms with Gasteiger partial charge in [0.25, 0.3) is 10.0 Å². The number of rotatable bonds is 4. The number of benzene rings is 1. The average Bonchev–Trinajstić information content (AvgIpc) is 2.63. The Bertz CT molecular complexity index is 691. The Balaban J connectivity index is 1.85. The molecule has 0 radical (unpaired) electrons. The van der Waals surface area contributed by atoms with Crippen LogP contribution in [0.3, 0.4) is 0 Å². The Labute approximate surface area is 149 Å². The maximum absolute atomic E-state index is 12.7. The zero-order valence-corrected chi connectivity index (χ0v) is 15.4. The first-order valence-electron chi connectivity index (χ1n) is 8.58. The molecule has 0 amide bonds. The number of aryl methyl sites for hydroxylation is 1. The van der Waals surface area contributed by atoms with E-state index < -0.39 is 10.0 Å². The molecule has 1 aromatic rings. The molecule has 2 aliphatic rings. The van der Waals surface area contributed by atoms with Crippen LogP contribution in [0.1, 0.15) is 5.56 Å². The van der Waals surface area contributed by atoms with Crippen LogP contribution in [0.4, 0.5) is 0 Å². The summed E-state index contributed by atoms with van der Waals surface area (Å²) in [5, 5.41) is 0. The SMILES string of the molecule is Cc1ccc(S(=O)(=O)/N=C(\CN2CCOCC2)N2CCOCC2)cc1.